The van der Waals surface area contributed by atoms with Gasteiger partial charge in [0.05, 0.1) is 25.6 Å². The van der Waals surface area contributed by atoms with E-state index in [0.29, 0.717) is 28.4 Å². The SMILES string of the molecule is COc1cccc(C(=O)Nc2ccc3c(c2)N(S(C)(=O)=O)CCO3)c1. The molecule has 132 valence electrons. The quantitative estimate of drug-likeness (QED) is 0.900. The van der Waals surface area contributed by atoms with Gasteiger partial charge in [-0.1, -0.05) is 6.07 Å². The average Bonchev–Trinajstić information content (AvgIpc) is 2.60. The van der Waals surface area contributed by atoms with Crippen molar-refractivity contribution in [1.82, 2.24) is 0 Å². The molecule has 0 unspecified atom stereocenters. The van der Waals surface area contributed by atoms with Crippen LogP contribution in [0.15, 0.2) is 42.5 Å². The van der Waals surface area contributed by atoms with E-state index in [2.05, 4.69) is 5.32 Å². The predicted molar refractivity (Wildman–Crippen MR) is 95.1 cm³/mol. The number of benzene rings is 2. The number of amides is 1. The molecule has 0 saturated carbocycles. The van der Waals surface area contributed by atoms with Crippen molar-refractivity contribution < 1.29 is 22.7 Å². The van der Waals surface area contributed by atoms with E-state index in [1.54, 1.807) is 42.5 Å². The molecule has 0 atom stereocenters. The van der Waals surface area contributed by atoms with Crippen LogP contribution in [0.1, 0.15) is 10.4 Å². The minimum Gasteiger partial charge on any atom is -0.497 e. The van der Waals surface area contributed by atoms with Gasteiger partial charge in [0.2, 0.25) is 10.0 Å². The number of carbonyl (C=O) groups is 1. The minimum atomic E-state index is -3.42. The first kappa shape index (κ1) is 17.1. The minimum absolute atomic E-state index is 0.235. The molecule has 0 aromatic heterocycles. The Kier molecular flexibility index (Phi) is 4.54. The average molecular weight is 362 g/mol. The van der Waals surface area contributed by atoms with Crippen LogP contribution in [0.5, 0.6) is 11.5 Å². The van der Waals surface area contributed by atoms with E-state index in [1.807, 2.05) is 0 Å². The zero-order valence-electron chi connectivity index (χ0n) is 13.9. The van der Waals surface area contributed by atoms with Crippen molar-refractivity contribution in [3.05, 3.63) is 48.0 Å². The highest BCUT2D eigenvalue weighted by Gasteiger charge is 2.25. The largest absolute Gasteiger partial charge is 0.497 e. The lowest BCUT2D eigenvalue weighted by atomic mass is 10.2. The van der Waals surface area contributed by atoms with Gasteiger partial charge in [0.15, 0.2) is 0 Å². The molecule has 2 aromatic rings. The molecule has 7 nitrogen and oxygen atoms in total. The first-order valence-electron chi connectivity index (χ1n) is 7.58. The summed E-state index contributed by atoms with van der Waals surface area (Å²) in [6.07, 6.45) is 1.14. The maximum atomic E-state index is 12.4. The molecular weight excluding hydrogens is 344 g/mol. The Morgan fingerprint density at radius 2 is 2.04 bits per heavy atom. The second-order valence-electron chi connectivity index (χ2n) is 5.55. The maximum absolute atomic E-state index is 12.4. The van der Waals surface area contributed by atoms with Gasteiger partial charge in [-0.2, -0.15) is 0 Å². The maximum Gasteiger partial charge on any atom is 0.255 e. The number of hydrogen-bond donors (Lipinski definition) is 1. The van der Waals surface area contributed by atoms with Gasteiger partial charge < -0.3 is 14.8 Å². The van der Waals surface area contributed by atoms with E-state index < -0.39 is 10.0 Å². The first-order valence-corrected chi connectivity index (χ1v) is 9.43. The fraction of sp³-hybridized carbons (Fsp3) is 0.235. The van der Waals surface area contributed by atoms with Crippen molar-refractivity contribution in [3.8, 4) is 11.5 Å². The van der Waals surface area contributed by atoms with Crippen LogP contribution in [-0.2, 0) is 10.0 Å². The van der Waals surface area contributed by atoms with Crippen molar-refractivity contribution in [2.45, 2.75) is 0 Å². The van der Waals surface area contributed by atoms with Crippen LogP contribution >= 0.6 is 0 Å². The fourth-order valence-electron chi connectivity index (χ4n) is 2.58. The van der Waals surface area contributed by atoms with E-state index in [4.69, 9.17) is 9.47 Å². The molecule has 0 bridgehead atoms. The van der Waals surface area contributed by atoms with Crippen LogP contribution < -0.4 is 19.1 Å². The molecule has 1 heterocycles. The zero-order valence-corrected chi connectivity index (χ0v) is 14.7. The monoisotopic (exact) mass is 362 g/mol. The highest BCUT2D eigenvalue weighted by atomic mass is 32.2. The Labute approximate surface area is 146 Å². The van der Waals surface area contributed by atoms with Crippen LogP contribution in [-0.4, -0.2) is 40.8 Å². The molecule has 0 aliphatic carbocycles. The van der Waals surface area contributed by atoms with Gasteiger partial charge in [-0.25, -0.2) is 8.42 Å². The fourth-order valence-corrected chi connectivity index (χ4v) is 3.49. The Bertz CT molecular complexity index is 911. The smallest absolute Gasteiger partial charge is 0.255 e. The number of fused-ring (bicyclic) bond motifs is 1. The lowest BCUT2D eigenvalue weighted by molar-refractivity contribution is 0.102. The Balaban J connectivity index is 1.88. The third-order valence-electron chi connectivity index (χ3n) is 3.77. The van der Waals surface area contributed by atoms with Crippen LogP contribution in [0.25, 0.3) is 0 Å². The van der Waals surface area contributed by atoms with Gasteiger partial charge in [0.1, 0.15) is 18.1 Å². The summed E-state index contributed by atoms with van der Waals surface area (Å²) in [4.78, 5) is 12.4. The topological polar surface area (TPSA) is 84.9 Å². The summed E-state index contributed by atoms with van der Waals surface area (Å²) in [5.41, 5.74) is 1.33. The van der Waals surface area contributed by atoms with Crippen LogP contribution in [0.3, 0.4) is 0 Å². The highest BCUT2D eigenvalue weighted by molar-refractivity contribution is 7.92. The predicted octanol–water partition coefficient (Wildman–Crippen LogP) is 2.11. The number of nitrogens with zero attached hydrogens (tertiary/aromatic N) is 1. The van der Waals surface area contributed by atoms with Gasteiger partial charge in [-0.15, -0.1) is 0 Å². The Morgan fingerprint density at radius 1 is 1.24 bits per heavy atom. The van der Waals surface area contributed by atoms with Crippen LogP contribution in [0.4, 0.5) is 11.4 Å². The van der Waals surface area contributed by atoms with Crippen molar-refractivity contribution in [2.24, 2.45) is 0 Å². The standard InChI is InChI=1S/C17H18N2O5S/c1-23-14-5-3-4-12(10-14)17(20)18-13-6-7-16-15(11-13)19(8-9-24-16)25(2,21)22/h3-7,10-11H,8-9H2,1-2H3,(H,18,20). The van der Waals surface area contributed by atoms with Gasteiger partial charge in [0, 0.05) is 11.3 Å². The number of anilines is 2. The van der Waals surface area contributed by atoms with Gasteiger partial charge in [-0.05, 0) is 36.4 Å². The van der Waals surface area contributed by atoms with Crippen molar-refractivity contribution in [1.29, 1.82) is 0 Å². The highest BCUT2D eigenvalue weighted by Crippen LogP contribution is 2.35. The van der Waals surface area contributed by atoms with E-state index in [9.17, 15) is 13.2 Å². The molecule has 1 N–H and O–H groups in total. The molecule has 1 aliphatic rings. The van der Waals surface area contributed by atoms with Crippen LogP contribution in [0, 0.1) is 0 Å². The molecule has 1 aliphatic heterocycles. The Morgan fingerprint density at radius 3 is 2.76 bits per heavy atom. The summed E-state index contributed by atoms with van der Waals surface area (Å²) in [5, 5.41) is 2.76. The molecular formula is C17H18N2O5S. The number of sulfonamides is 1. The molecule has 8 heteroatoms. The summed E-state index contributed by atoms with van der Waals surface area (Å²) in [5.74, 6) is 0.729. The summed E-state index contributed by atoms with van der Waals surface area (Å²) < 4.78 is 35.8. The molecule has 0 fully saturated rings. The normalized spacial score (nSPS) is 13.6. The summed E-state index contributed by atoms with van der Waals surface area (Å²) in [6, 6.07) is 11.7. The van der Waals surface area contributed by atoms with E-state index in [-0.39, 0.29) is 19.1 Å². The third kappa shape index (κ3) is 3.69. The Hall–Kier alpha value is -2.74. The van der Waals surface area contributed by atoms with Crippen molar-refractivity contribution in [3.63, 3.8) is 0 Å². The lowest BCUT2D eigenvalue weighted by Gasteiger charge is -2.29. The van der Waals surface area contributed by atoms with Gasteiger partial charge >= 0.3 is 0 Å². The van der Waals surface area contributed by atoms with E-state index in [0.717, 1.165) is 6.26 Å². The summed E-state index contributed by atoms with van der Waals surface area (Å²) >= 11 is 0. The number of nitrogens with one attached hydrogen (secondary N) is 1. The second-order valence-corrected chi connectivity index (χ2v) is 7.46. The van der Waals surface area contributed by atoms with Crippen molar-refractivity contribution in [2.75, 3.05) is 36.1 Å². The number of carbonyl (C=O) groups excluding carboxylic acids is 1. The zero-order chi connectivity index (χ0) is 18.0. The third-order valence-corrected chi connectivity index (χ3v) is 4.95. The molecule has 0 spiro atoms. The number of hydrogen-bond acceptors (Lipinski definition) is 5. The van der Waals surface area contributed by atoms with Gasteiger partial charge in [-0.3, -0.25) is 9.10 Å². The molecule has 1 amide bonds. The molecule has 25 heavy (non-hydrogen) atoms. The molecule has 0 saturated heterocycles. The number of ether oxygens (including phenoxy) is 2. The second kappa shape index (κ2) is 6.64. The molecule has 0 radical (unpaired) electrons. The van der Waals surface area contributed by atoms with Crippen LogP contribution in [0.2, 0.25) is 0 Å². The number of methoxy groups -OCH3 is 1. The number of rotatable bonds is 4. The molecule has 3 rings (SSSR count). The summed E-state index contributed by atoms with van der Waals surface area (Å²) in [7, 11) is -1.89. The first-order chi connectivity index (χ1) is 11.9. The van der Waals surface area contributed by atoms with Crippen molar-refractivity contribution >= 4 is 27.3 Å². The lowest BCUT2D eigenvalue weighted by Crippen LogP contribution is -2.37. The van der Waals surface area contributed by atoms with E-state index in [1.165, 1.54) is 11.4 Å². The molecule has 2 aromatic carbocycles. The van der Waals surface area contributed by atoms with E-state index >= 15 is 0 Å². The summed E-state index contributed by atoms with van der Waals surface area (Å²) in [6.45, 7) is 0.523. The van der Waals surface area contributed by atoms with Gasteiger partial charge in [0.25, 0.3) is 5.91 Å².